The van der Waals surface area contributed by atoms with Gasteiger partial charge in [0, 0.05) is 22.3 Å². The second kappa shape index (κ2) is 14.9. The molecule has 0 saturated carbocycles. The monoisotopic (exact) mass is 738 g/mol. The van der Waals surface area contributed by atoms with Crippen molar-refractivity contribution in [3.63, 3.8) is 0 Å². The highest BCUT2D eigenvalue weighted by Crippen LogP contribution is 2.39. The Balaban J connectivity index is 1.08. The fourth-order valence-electron chi connectivity index (χ4n) is 8.00. The third-order valence-electron chi connectivity index (χ3n) is 10.8. The molecule has 10 aromatic rings. The van der Waals surface area contributed by atoms with Crippen LogP contribution in [0.4, 0.5) is 0 Å². The molecule has 4 heteroatoms. The van der Waals surface area contributed by atoms with Crippen molar-refractivity contribution >= 4 is 21.5 Å². The lowest BCUT2D eigenvalue weighted by Gasteiger charge is -2.15. The van der Waals surface area contributed by atoms with Crippen LogP contribution in [0.1, 0.15) is 5.56 Å². The van der Waals surface area contributed by atoms with Crippen molar-refractivity contribution in [3.8, 4) is 84.7 Å². The van der Waals surface area contributed by atoms with Gasteiger partial charge in [-0.1, -0.05) is 188 Å². The predicted molar refractivity (Wildman–Crippen MR) is 238 cm³/mol. The molecule has 0 aliphatic heterocycles. The second-order valence-corrected chi connectivity index (χ2v) is 14.3. The summed E-state index contributed by atoms with van der Waals surface area (Å²) in [5.41, 5.74) is 11.3. The minimum absolute atomic E-state index is 0.533. The maximum Gasteiger partial charge on any atom is 0.164 e. The van der Waals surface area contributed by atoms with Gasteiger partial charge in [-0.2, -0.15) is 5.26 Å². The Morgan fingerprint density at radius 1 is 0.293 bits per heavy atom. The molecule has 0 aliphatic rings. The Labute approximate surface area is 337 Å². The van der Waals surface area contributed by atoms with E-state index in [1.807, 2.05) is 91.0 Å². The maximum absolute atomic E-state index is 10.7. The van der Waals surface area contributed by atoms with Crippen LogP contribution in [0.5, 0.6) is 0 Å². The van der Waals surface area contributed by atoms with Gasteiger partial charge >= 0.3 is 0 Å². The zero-order chi connectivity index (χ0) is 38.8. The molecular weight excluding hydrogens is 705 g/mol. The first-order valence-electron chi connectivity index (χ1n) is 19.3. The third kappa shape index (κ3) is 6.37. The molecule has 9 aromatic carbocycles. The van der Waals surface area contributed by atoms with Crippen LogP contribution in [0.15, 0.2) is 206 Å². The van der Waals surface area contributed by atoms with Crippen molar-refractivity contribution in [2.75, 3.05) is 0 Å². The zero-order valence-corrected chi connectivity index (χ0v) is 31.4. The Hall–Kier alpha value is -8.00. The molecule has 4 nitrogen and oxygen atoms in total. The van der Waals surface area contributed by atoms with E-state index in [9.17, 15) is 5.26 Å². The van der Waals surface area contributed by atoms with Crippen LogP contribution >= 0.6 is 0 Å². The fourth-order valence-corrected chi connectivity index (χ4v) is 8.00. The van der Waals surface area contributed by atoms with E-state index in [4.69, 9.17) is 15.0 Å². The molecule has 0 radical (unpaired) electrons. The molecule has 0 N–H and O–H groups in total. The molecule has 0 amide bonds. The number of nitriles is 1. The number of hydrogen-bond donors (Lipinski definition) is 0. The van der Waals surface area contributed by atoms with Crippen LogP contribution in [-0.2, 0) is 0 Å². The van der Waals surface area contributed by atoms with Gasteiger partial charge in [-0.15, -0.1) is 0 Å². The molecule has 1 heterocycles. The molecule has 0 unspecified atom stereocenters. The Morgan fingerprint density at radius 3 is 1.53 bits per heavy atom. The molecule has 10 rings (SSSR count). The maximum atomic E-state index is 10.7. The minimum Gasteiger partial charge on any atom is -0.208 e. The van der Waals surface area contributed by atoms with E-state index in [0.717, 1.165) is 55.6 Å². The van der Waals surface area contributed by atoms with Crippen LogP contribution in [0.3, 0.4) is 0 Å². The number of aromatic nitrogens is 3. The average molecular weight is 739 g/mol. The van der Waals surface area contributed by atoms with Crippen LogP contribution in [0.25, 0.3) is 100 Å². The van der Waals surface area contributed by atoms with Crippen molar-refractivity contribution in [1.29, 1.82) is 5.26 Å². The number of hydrogen-bond acceptors (Lipinski definition) is 4. The SMILES string of the molecule is N#Cc1cc(-c2cccc(-c3cc4ccccc4c4ccccc34)c2)ccc1-c1ccccc1-c1nc(-c2ccccc2)nc(-c2ccccc2-c2ccccc2)n1. The summed E-state index contributed by atoms with van der Waals surface area (Å²) < 4.78 is 0. The van der Waals surface area contributed by atoms with E-state index in [0.29, 0.717) is 23.0 Å². The molecule has 270 valence electrons. The highest BCUT2D eigenvalue weighted by molar-refractivity contribution is 6.13. The summed E-state index contributed by atoms with van der Waals surface area (Å²) in [4.78, 5) is 15.3. The van der Waals surface area contributed by atoms with Crippen LogP contribution in [-0.4, -0.2) is 15.0 Å². The number of benzene rings is 9. The topological polar surface area (TPSA) is 62.5 Å². The molecule has 0 saturated heterocycles. The summed E-state index contributed by atoms with van der Waals surface area (Å²) in [5.74, 6) is 1.69. The van der Waals surface area contributed by atoms with Crippen molar-refractivity contribution < 1.29 is 0 Å². The summed E-state index contributed by atoms with van der Waals surface area (Å²) in [5, 5.41) is 15.6. The number of rotatable bonds is 7. The van der Waals surface area contributed by atoms with E-state index in [-0.39, 0.29) is 0 Å². The Morgan fingerprint density at radius 2 is 0.810 bits per heavy atom. The second-order valence-electron chi connectivity index (χ2n) is 14.3. The van der Waals surface area contributed by atoms with E-state index < -0.39 is 0 Å². The molecule has 0 fully saturated rings. The quantitative estimate of drug-likeness (QED) is 0.153. The summed E-state index contributed by atoms with van der Waals surface area (Å²) in [6.07, 6.45) is 0. The smallest absolute Gasteiger partial charge is 0.164 e. The summed E-state index contributed by atoms with van der Waals surface area (Å²) in [6.45, 7) is 0. The van der Waals surface area contributed by atoms with Gasteiger partial charge in [0.1, 0.15) is 0 Å². The van der Waals surface area contributed by atoms with Gasteiger partial charge in [-0.3, -0.25) is 0 Å². The van der Waals surface area contributed by atoms with Crippen LogP contribution in [0, 0.1) is 11.3 Å². The summed E-state index contributed by atoms with van der Waals surface area (Å²) in [6, 6.07) is 73.3. The molecule has 0 atom stereocenters. The van der Waals surface area contributed by atoms with Gasteiger partial charge < -0.3 is 0 Å². The van der Waals surface area contributed by atoms with Crippen molar-refractivity contribution in [2.24, 2.45) is 0 Å². The highest BCUT2D eigenvalue weighted by Gasteiger charge is 2.19. The highest BCUT2D eigenvalue weighted by atomic mass is 15.0. The Bertz CT molecular complexity index is 3180. The number of nitrogens with zero attached hydrogens (tertiary/aromatic N) is 4. The molecular formula is C54H34N4. The van der Waals surface area contributed by atoms with Crippen molar-refractivity contribution in [1.82, 2.24) is 15.0 Å². The zero-order valence-electron chi connectivity index (χ0n) is 31.4. The van der Waals surface area contributed by atoms with Gasteiger partial charge in [0.05, 0.1) is 11.6 Å². The summed E-state index contributed by atoms with van der Waals surface area (Å²) >= 11 is 0. The van der Waals surface area contributed by atoms with E-state index in [2.05, 4.69) is 121 Å². The van der Waals surface area contributed by atoms with Crippen LogP contribution in [0.2, 0.25) is 0 Å². The first-order chi connectivity index (χ1) is 28.7. The minimum atomic E-state index is 0.533. The standard InChI is InChI=1S/C54H34N4/c55-35-42-33-39(38-21-15-22-40(32-38)51-34-41-20-7-8-24-44(41)46-25-10-11-27-48(46)51)30-31-45(42)47-26-12-14-29-50(47)54-57-52(37-18-5-2-6-19-37)56-53(58-54)49-28-13-9-23-43(49)36-16-3-1-4-17-36/h1-34H. The van der Waals surface area contributed by atoms with Gasteiger partial charge in [0.15, 0.2) is 17.5 Å². The molecule has 1 aromatic heterocycles. The molecule has 0 bridgehead atoms. The first kappa shape index (κ1) is 34.5. The largest absolute Gasteiger partial charge is 0.208 e. The van der Waals surface area contributed by atoms with Gasteiger partial charge in [0.25, 0.3) is 0 Å². The molecule has 58 heavy (non-hydrogen) atoms. The van der Waals surface area contributed by atoms with Crippen molar-refractivity contribution in [2.45, 2.75) is 0 Å². The average Bonchev–Trinajstić information content (AvgIpc) is 3.31. The first-order valence-corrected chi connectivity index (χ1v) is 19.3. The van der Waals surface area contributed by atoms with Crippen LogP contribution < -0.4 is 0 Å². The number of fused-ring (bicyclic) bond motifs is 3. The van der Waals surface area contributed by atoms with E-state index in [1.165, 1.54) is 27.1 Å². The lowest BCUT2D eigenvalue weighted by atomic mass is 9.90. The van der Waals surface area contributed by atoms with Gasteiger partial charge in [-0.25, -0.2) is 15.0 Å². The lowest BCUT2D eigenvalue weighted by Crippen LogP contribution is -2.02. The van der Waals surface area contributed by atoms with E-state index in [1.54, 1.807) is 0 Å². The van der Waals surface area contributed by atoms with Gasteiger partial charge in [0.2, 0.25) is 0 Å². The van der Waals surface area contributed by atoms with Crippen molar-refractivity contribution in [3.05, 3.63) is 212 Å². The normalized spacial score (nSPS) is 11.1. The lowest BCUT2D eigenvalue weighted by molar-refractivity contribution is 1.07. The van der Waals surface area contributed by atoms with Gasteiger partial charge in [-0.05, 0) is 78.7 Å². The fraction of sp³-hybridized carbons (Fsp3) is 0. The molecule has 0 spiro atoms. The molecule has 0 aliphatic carbocycles. The van der Waals surface area contributed by atoms with E-state index >= 15 is 0 Å². The summed E-state index contributed by atoms with van der Waals surface area (Å²) in [7, 11) is 0. The predicted octanol–water partition coefficient (Wildman–Crippen LogP) is 13.7. The Kier molecular flexibility index (Phi) is 8.87. The third-order valence-corrected chi connectivity index (χ3v) is 10.8.